The molecule has 2 unspecified atom stereocenters. The number of carbonyl (C=O) groups excluding carboxylic acids is 1. The van der Waals surface area contributed by atoms with E-state index in [4.69, 9.17) is 5.73 Å². The smallest absolute Gasteiger partial charge is 0.227 e. The zero-order valence-electron chi connectivity index (χ0n) is 13.3. The maximum Gasteiger partial charge on any atom is 0.227 e. The Balaban J connectivity index is 1.90. The highest BCUT2D eigenvalue weighted by molar-refractivity contribution is 5.79. The molecule has 2 aliphatic carbocycles. The summed E-state index contributed by atoms with van der Waals surface area (Å²) >= 11 is 0. The molecule has 116 valence electrons. The lowest BCUT2D eigenvalue weighted by atomic mass is 9.83. The Labute approximate surface area is 124 Å². The summed E-state index contributed by atoms with van der Waals surface area (Å²) in [4.78, 5) is 14.8. The Morgan fingerprint density at radius 1 is 1.05 bits per heavy atom. The topological polar surface area (TPSA) is 46.3 Å². The lowest BCUT2D eigenvalue weighted by Gasteiger charge is -2.37. The van der Waals surface area contributed by atoms with E-state index in [1.165, 1.54) is 51.4 Å². The van der Waals surface area contributed by atoms with Crippen molar-refractivity contribution in [2.45, 2.75) is 83.2 Å². The van der Waals surface area contributed by atoms with Gasteiger partial charge in [0.1, 0.15) is 0 Å². The number of carbonyl (C=O) groups is 1. The molecule has 3 heteroatoms. The van der Waals surface area contributed by atoms with Gasteiger partial charge in [0.25, 0.3) is 0 Å². The van der Waals surface area contributed by atoms with Crippen LogP contribution in [0.1, 0.15) is 71.1 Å². The number of nitrogens with zero attached hydrogens (tertiary/aromatic N) is 1. The van der Waals surface area contributed by atoms with Crippen molar-refractivity contribution in [3.63, 3.8) is 0 Å². The van der Waals surface area contributed by atoms with Gasteiger partial charge < -0.3 is 10.6 Å². The van der Waals surface area contributed by atoms with Crippen molar-refractivity contribution in [3.05, 3.63) is 0 Å². The summed E-state index contributed by atoms with van der Waals surface area (Å²) in [5, 5.41) is 0. The van der Waals surface area contributed by atoms with Gasteiger partial charge in [0.15, 0.2) is 0 Å². The third-order valence-corrected chi connectivity index (χ3v) is 5.68. The molecule has 1 amide bonds. The monoisotopic (exact) mass is 280 g/mol. The molecule has 0 heterocycles. The molecular weight excluding hydrogens is 248 g/mol. The van der Waals surface area contributed by atoms with E-state index in [9.17, 15) is 4.79 Å². The van der Waals surface area contributed by atoms with Gasteiger partial charge in [-0.2, -0.15) is 0 Å². The number of rotatable bonds is 3. The van der Waals surface area contributed by atoms with E-state index in [1.807, 2.05) is 11.9 Å². The summed E-state index contributed by atoms with van der Waals surface area (Å²) in [5.41, 5.74) is 6.24. The van der Waals surface area contributed by atoms with E-state index < -0.39 is 0 Å². The van der Waals surface area contributed by atoms with Crippen molar-refractivity contribution in [1.29, 1.82) is 0 Å². The summed E-state index contributed by atoms with van der Waals surface area (Å²) in [6.07, 6.45) is 11.8. The van der Waals surface area contributed by atoms with Gasteiger partial charge >= 0.3 is 0 Å². The minimum absolute atomic E-state index is 0.0754. The maximum absolute atomic E-state index is 12.8. The first-order valence-electron chi connectivity index (χ1n) is 8.65. The first-order chi connectivity index (χ1) is 9.63. The standard InChI is InChI=1S/C17H32N2O/c1-3-13-9-11-14(12-10-13)19(2)17(20)15-7-5-4-6-8-16(15)18/h13-16H,3-12,18H2,1-2H3. The molecule has 2 atom stereocenters. The van der Waals surface area contributed by atoms with Crippen molar-refractivity contribution in [3.8, 4) is 0 Å². The van der Waals surface area contributed by atoms with Crippen LogP contribution in [0, 0.1) is 11.8 Å². The molecule has 0 aromatic carbocycles. The molecule has 2 aliphatic rings. The van der Waals surface area contributed by atoms with Crippen molar-refractivity contribution < 1.29 is 4.79 Å². The van der Waals surface area contributed by atoms with E-state index in [0.29, 0.717) is 11.9 Å². The van der Waals surface area contributed by atoms with Crippen LogP contribution in [0.3, 0.4) is 0 Å². The van der Waals surface area contributed by atoms with Crippen LogP contribution in [0.15, 0.2) is 0 Å². The summed E-state index contributed by atoms with van der Waals surface area (Å²) in [5.74, 6) is 1.28. The van der Waals surface area contributed by atoms with Gasteiger partial charge in [-0.3, -0.25) is 4.79 Å². The van der Waals surface area contributed by atoms with Crippen LogP contribution in [0.2, 0.25) is 0 Å². The SMILES string of the molecule is CCC1CCC(N(C)C(=O)C2CCCCCC2N)CC1. The van der Waals surface area contributed by atoms with Crippen LogP contribution in [0.25, 0.3) is 0 Å². The van der Waals surface area contributed by atoms with Crippen LogP contribution >= 0.6 is 0 Å². The molecular formula is C17H32N2O. The van der Waals surface area contributed by atoms with Gasteiger partial charge in [0.2, 0.25) is 5.91 Å². The number of nitrogens with two attached hydrogens (primary N) is 1. The molecule has 0 saturated heterocycles. The second-order valence-electron chi connectivity index (χ2n) is 6.94. The predicted octanol–water partition coefficient (Wildman–Crippen LogP) is 3.32. The molecule has 0 bridgehead atoms. The molecule has 0 aliphatic heterocycles. The average Bonchev–Trinajstić information content (AvgIpc) is 2.70. The van der Waals surface area contributed by atoms with Gasteiger partial charge in [-0.15, -0.1) is 0 Å². The summed E-state index contributed by atoms with van der Waals surface area (Å²) in [6.45, 7) is 2.28. The van der Waals surface area contributed by atoms with Crippen molar-refractivity contribution in [2.24, 2.45) is 17.6 Å². The van der Waals surface area contributed by atoms with Crippen LogP contribution in [-0.4, -0.2) is 29.9 Å². The molecule has 2 N–H and O–H groups in total. The van der Waals surface area contributed by atoms with E-state index in [0.717, 1.165) is 18.8 Å². The van der Waals surface area contributed by atoms with E-state index in [-0.39, 0.29) is 12.0 Å². The predicted molar refractivity (Wildman–Crippen MR) is 83.4 cm³/mol. The summed E-state index contributed by atoms with van der Waals surface area (Å²) in [6, 6.07) is 0.542. The Morgan fingerprint density at radius 2 is 1.70 bits per heavy atom. The Morgan fingerprint density at radius 3 is 2.35 bits per heavy atom. The third kappa shape index (κ3) is 3.75. The molecule has 20 heavy (non-hydrogen) atoms. The minimum atomic E-state index is 0.0754. The highest BCUT2D eigenvalue weighted by Crippen LogP contribution is 2.31. The van der Waals surface area contributed by atoms with E-state index >= 15 is 0 Å². The molecule has 2 saturated carbocycles. The Hall–Kier alpha value is -0.570. The van der Waals surface area contributed by atoms with Gasteiger partial charge in [-0.1, -0.05) is 32.6 Å². The van der Waals surface area contributed by atoms with E-state index in [2.05, 4.69) is 6.92 Å². The second kappa shape index (κ2) is 7.44. The molecule has 0 aromatic heterocycles. The van der Waals surface area contributed by atoms with Crippen LogP contribution in [0.5, 0.6) is 0 Å². The van der Waals surface area contributed by atoms with Crippen molar-refractivity contribution in [2.75, 3.05) is 7.05 Å². The zero-order chi connectivity index (χ0) is 14.5. The largest absolute Gasteiger partial charge is 0.342 e. The lowest BCUT2D eigenvalue weighted by molar-refractivity contribution is -0.138. The number of amides is 1. The summed E-state index contributed by atoms with van der Waals surface area (Å²) < 4.78 is 0. The first kappa shape index (κ1) is 15.8. The number of hydrogen-bond donors (Lipinski definition) is 1. The number of hydrogen-bond acceptors (Lipinski definition) is 2. The highest BCUT2D eigenvalue weighted by Gasteiger charge is 2.33. The molecule has 2 rings (SSSR count). The fourth-order valence-electron chi connectivity index (χ4n) is 4.02. The third-order valence-electron chi connectivity index (χ3n) is 5.68. The molecule has 0 aromatic rings. The Bertz CT molecular complexity index is 310. The second-order valence-corrected chi connectivity index (χ2v) is 6.94. The highest BCUT2D eigenvalue weighted by atomic mass is 16.2. The zero-order valence-corrected chi connectivity index (χ0v) is 13.3. The summed E-state index contributed by atoms with van der Waals surface area (Å²) in [7, 11) is 2.01. The first-order valence-corrected chi connectivity index (χ1v) is 8.65. The Kier molecular flexibility index (Phi) is 5.88. The lowest BCUT2D eigenvalue weighted by Crippen LogP contribution is -2.47. The molecule has 3 nitrogen and oxygen atoms in total. The molecule has 2 fully saturated rings. The van der Waals surface area contributed by atoms with E-state index in [1.54, 1.807) is 0 Å². The fourth-order valence-corrected chi connectivity index (χ4v) is 4.02. The van der Waals surface area contributed by atoms with Gasteiger partial charge in [0, 0.05) is 19.1 Å². The maximum atomic E-state index is 12.8. The minimum Gasteiger partial charge on any atom is -0.342 e. The van der Waals surface area contributed by atoms with Crippen molar-refractivity contribution in [1.82, 2.24) is 4.90 Å². The van der Waals surface area contributed by atoms with Crippen LogP contribution < -0.4 is 5.73 Å². The van der Waals surface area contributed by atoms with Gasteiger partial charge in [-0.25, -0.2) is 0 Å². The van der Waals surface area contributed by atoms with Crippen LogP contribution in [-0.2, 0) is 4.79 Å². The fraction of sp³-hybridized carbons (Fsp3) is 0.941. The molecule has 0 spiro atoms. The normalized spacial score (nSPS) is 35.4. The van der Waals surface area contributed by atoms with Gasteiger partial charge in [-0.05, 0) is 44.4 Å². The average molecular weight is 280 g/mol. The molecule has 0 radical (unpaired) electrons. The van der Waals surface area contributed by atoms with Crippen LogP contribution in [0.4, 0.5) is 0 Å². The quantitative estimate of drug-likeness (QED) is 0.806. The van der Waals surface area contributed by atoms with Crippen molar-refractivity contribution >= 4 is 5.91 Å². The van der Waals surface area contributed by atoms with Gasteiger partial charge in [0.05, 0.1) is 5.92 Å².